The van der Waals surface area contributed by atoms with Crippen LogP contribution in [0.1, 0.15) is 38.1 Å². The summed E-state index contributed by atoms with van der Waals surface area (Å²) in [5, 5.41) is 2.70. The molecule has 2 aromatic rings. The lowest BCUT2D eigenvalue weighted by Crippen LogP contribution is -2.23. The third-order valence-electron chi connectivity index (χ3n) is 2.82. The number of fused-ring (bicyclic) bond motifs is 1. The minimum Gasteiger partial charge on any atom is -0.450 e. The summed E-state index contributed by atoms with van der Waals surface area (Å²) in [6.45, 7) is 6.81. The summed E-state index contributed by atoms with van der Waals surface area (Å²) in [6, 6.07) is 5.92. The minimum atomic E-state index is -0.393. The highest BCUT2D eigenvalue weighted by atomic mass is 16.5. The molecule has 5 heteroatoms. The second-order valence-corrected chi connectivity index (χ2v) is 4.70. The number of hydrogen-bond donors (Lipinski definition) is 2. The normalized spacial score (nSPS) is 10.9. The molecule has 5 nitrogen and oxygen atoms in total. The first-order valence-corrected chi connectivity index (χ1v) is 6.49. The number of carbonyl (C=O) groups is 1. The summed E-state index contributed by atoms with van der Waals surface area (Å²) >= 11 is 0. The van der Waals surface area contributed by atoms with E-state index in [4.69, 9.17) is 4.74 Å². The van der Waals surface area contributed by atoms with Crippen molar-refractivity contribution in [2.45, 2.75) is 33.2 Å². The number of nitrogens with one attached hydrogen (secondary N) is 2. The first kappa shape index (κ1) is 13.4. The molecule has 19 heavy (non-hydrogen) atoms. The Kier molecular flexibility index (Phi) is 4.04. The molecule has 1 aromatic heterocycles. The van der Waals surface area contributed by atoms with Crippen LogP contribution >= 0.6 is 0 Å². The molecule has 1 amide bonds. The van der Waals surface area contributed by atoms with Gasteiger partial charge >= 0.3 is 6.09 Å². The molecule has 0 saturated carbocycles. The number of hydrogen-bond acceptors (Lipinski definition) is 3. The van der Waals surface area contributed by atoms with Crippen LogP contribution in [0.4, 0.5) is 4.79 Å². The van der Waals surface area contributed by atoms with E-state index in [0.29, 0.717) is 19.1 Å². The fourth-order valence-corrected chi connectivity index (χ4v) is 1.82. The predicted octanol–water partition coefficient (Wildman–Crippen LogP) is 2.93. The Balaban J connectivity index is 2.10. The van der Waals surface area contributed by atoms with Crippen molar-refractivity contribution in [2.75, 3.05) is 6.61 Å². The number of carbonyl (C=O) groups excluding carboxylic acids is 1. The van der Waals surface area contributed by atoms with Gasteiger partial charge < -0.3 is 15.0 Å². The number of rotatable bonds is 4. The van der Waals surface area contributed by atoms with E-state index in [1.807, 2.05) is 18.2 Å². The Bertz CT molecular complexity index is 575. The van der Waals surface area contributed by atoms with Crippen molar-refractivity contribution >= 4 is 17.1 Å². The largest absolute Gasteiger partial charge is 0.450 e. The van der Waals surface area contributed by atoms with Crippen LogP contribution in [0.3, 0.4) is 0 Å². The average molecular weight is 261 g/mol. The van der Waals surface area contributed by atoms with E-state index in [0.717, 1.165) is 22.4 Å². The average Bonchev–Trinajstić information content (AvgIpc) is 2.80. The summed E-state index contributed by atoms with van der Waals surface area (Å²) in [7, 11) is 0. The van der Waals surface area contributed by atoms with Gasteiger partial charge in [-0.3, -0.25) is 0 Å². The Hall–Kier alpha value is -2.04. The zero-order valence-electron chi connectivity index (χ0n) is 11.5. The number of amides is 1. The van der Waals surface area contributed by atoms with Gasteiger partial charge in [0.25, 0.3) is 0 Å². The highest BCUT2D eigenvalue weighted by molar-refractivity contribution is 5.76. The summed E-state index contributed by atoms with van der Waals surface area (Å²) in [4.78, 5) is 19.0. The van der Waals surface area contributed by atoms with Gasteiger partial charge in [-0.15, -0.1) is 0 Å². The number of ether oxygens (including phenoxy) is 1. The predicted molar refractivity (Wildman–Crippen MR) is 74.0 cm³/mol. The quantitative estimate of drug-likeness (QED) is 0.889. The SMILES string of the molecule is CCOC(=O)NCc1ccc2nc(C(C)C)[nH]c2c1. The van der Waals surface area contributed by atoms with Gasteiger partial charge in [-0.2, -0.15) is 0 Å². The second-order valence-electron chi connectivity index (χ2n) is 4.70. The van der Waals surface area contributed by atoms with Gasteiger partial charge in [0.05, 0.1) is 17.6 Å². The molecule has 0 aliphatic rings. The Labute approximate surface area is 112 Å². The number of alkyl carbamates (subject to hydrolysis) is 1. The van der Waals surface area contributed by atoms with Gasteiger partial charge in [-0.05, 0) is 24.6 Å². The Morgan fingerprint density at radius 2 is 2.26 bits per heavy atom. The molecule has 0 bridgehead atoms. The van der Waals surface area contributed by atoms with Crippen molar-refractivity contribution in [3.63, 3.8) is 0 Å². The zero-order chi connectivity index (χ0) is 13.8. The van der Waals surface area contributed by atoms with Crippen LogP contribution in [0.15, 0.2) is 18.2 Å². The molecule has 0 fully saturated rings. The van der Waals surface area contributed by atoms with E-state index in [-0.39, 0.29) is 0 Å². The number of H-pyrrole nitrogens is 1. The van der Waals surface area contributed by atoms with Crippen LogP contribution < -0.4 is 5.32 Å². The van der Waals surface area contributed by atoms with Crippen molar-refractivity contribution in [1.29, 1.82) is 0 Å². The minimum absolute atomic E-state index is 0.369. The molecule has 1 heterocycles. The molecule has 0 saturated heterocycles. The first-order chi connectivity index (χ1) is 9.10. The van der Waals surface area contributed by atoms with Crippen molar-refractivity contribution in [3.8, 4) is 0 Å². The molecular formula is C14H19N3O2. The fraction of sp³-hybridized carbons (Fsp3) is 0.429. The van der Waals surface area contributed by atoms with Gasteiger partial charge in [0, 0.05) is 12.5 Å². The van der Waals surface area contributed by atoms with E-state index in [1.165, 1.54) is 0 Å². The molecule has 1 aromatic carbocycles. The van der Waals surface area contributed by atoms with Crippen LogP contribution in [-0.2, 0) is 11.3 Å². The molecule has 2 rings (SSSR count). The number of benzene rings is 1. The van der Waals surface area contributed by atoms with Crippen LogP contribution in [0.25, 0.3) is 11.0 Å². The maximum absolute atomic E-state index is 11.2. The van der Waals surface area contributed by atoms with Gasteiger partial charge in [0.2, 0.25) is 0 Å². The lowest BCUT2D eigenvalue weighted by Gasteiger charge is -2.04. The molecular weight excluding hydrogens is 242 g/mol. The second kappa shape index (κ2) is 5.73. The maximum atomic E-state index is 11.2. The third kappa shape index (κ3) is 3.24. The Morgan fingerprint density at radius 1 is 1.47 bits per heavy atom. The molecule has 0 atom stereocenters. The lowest BCUT2D eigenvalue weighted by atomic mass is 10.2. The van der Waals surface area contributed by atoms with E-state index in [2.05, 4.69) is 29.1 Å². The standard InChI is InChI=1S/C14H19N3O2/c1-4-19-14(18)15-8-10-5-6-11-12(7-10)17-13(16-11)9(2)3/h5-7,9H,4,8H2,1-3H3,(H,15,18)(H,16,17). The van der Waals surface area contributed by atoms with Crippen molar-refractivity contribution in [1.82, 2.24) is 15.3 Å². The van der Waals surface area contributed by atoms with Gasteiger partial charge in [0.1, 0.15) is 5.82 Å². The van der Waals surface area contributed by atoms with Gasteiger partial charge in [-0.25, -0.2) is 9.78 Å². The van der Waals surface area contributed by atoms with Crippen LogP contribution in [0.2, 0.25) is 0 Å². The van der Waals surface area contributed by atoms with Crippen molar-refractivity contribution < 1.29 is 9.53 Å². The lowest BCUT2D eigenvalue weighted by molar-refractivity contribution is 0.151. The number of nitrogens with zero attached hydrogens (tertiary/aromatic N) is 1. The first-order valence-electron chi connectivity index (χ1n) is 6.49. The summed E-state index contributed by atoms with van der Waals surface area (Å²) in [5.74, 6) is 1.35. The van der Waals surface area contributed by atoms with Crippen molar-refractivity contribution in [3.05, 3.63) is 29.6 Å². The monoisotopic (exact) mass is 261 g/mol. The molecule has 0 aliphatic carbocycles. The molecule has 0 radical (unpaired) electrons. The third-order valence-corrected chi connectivity index (χ3v) is 2.82. The molecule has 0 spiro atoms. The molecule has 0 aliphatic heterocycles. The van der Waals surface area contributed by atoms with Gasteiger partial charge in [-0.1, -0.05) is 19.9 Å². The summed E-state index contributed by atoms with van der Waals surface area (Å²) in [5.41, 5.74) is 2.95. The van der Waals surface area contributed by atoms with E-state index in [9.17, 15) is 4.79 Å². The van der Waals surface area contributed by atoms with E-state index in [1.54, 1.807) is 6.92 Å². The van der Waals surface area contributed by atoms with Crippen LogP contribution in [0.5, 0.6) is 0 Å². The van der Waals surface area contributed by atoms with Gasteiger partial charge in [0.15, 0.2) is 0 Å². The molecule has 0 unspecified atom stereocenters. The van der Waals surface area contributed by atoms with Crippen LogP contribution in [-0.4, -0.2) is 22.7 Å². The highest BCUT2D eigenvalue weighted by Crippen LogP contribution is 2.18. The molecule has 102 valence electrons. The summed E-state index contributed by atoms with van der Waals surface area (Å²) in [6.07, 6.45) is -0.393. The van der Waals surface area contributed by atoms with Crippen LogP contribution in [0, 0.1) is 0 Å². The number of aromatic amines is 1. The number of aromatic nitrogens is 2. The summed E-state index contributed by atoms with van der Waals surface area (Å²) < 4.78 is 4.82. The number of imidazole rings is 1. The highest BCUT2D eigenvalue weighted by Gasteiger charge is 2.07. The van der Waals surface area contributed by atoms with Crippen molar-refractivity contribution in [2.24, 2.45) is 0 Å². The molecule has 2 N–H and O–H groups in total. The maximum Gasteiger partial charge on any atom is 0.407 e. The topological polar surface area (TPSA) is 67.0 Å². The smallest absolute Gasteiger partial charge is 0.407 e. The fourth-order valence-electron chi connectivity index (χ4n) is 1.82. The Morgan fingerprint density at radius 3 is 2.95 bits per heavy atom. The van der Waals surface area contributed by atoms with E-state index < -0.39 is 6.09 Å². The zero-order valence-corrected chi connectivity index (χ0v) is 11.5. The van der Waals surface area contributed by atoms with E-state index >= 15 is 0 Å².